The number of nitrogens with zero attached hydrogens (tertiary/aromatic N) is 1. The zero-order valence-electron chi connectivity index (χ0n) is 17.4. The number of aryl methyl sites for hydroxylation is 1. The third kappa shape index (κ3) is 5.66. The number of carbonyl (C=O) groups excluding carboxylic acids is 3. The van der Waals surface area contributed by atoms with E-state index in [1.54, 1.807) is 13.8 Å². The minimum absolute atomic E-state index is 0.0955. The topological polar surface area (TPSA) is 128 Å². The van der Waals surface area contributed by atoms with Crippen molar-refractivity contribution in [1.29, 1.82) is 0 Å². The number of amides is 2. The van der Waals surface area contributed by atoms with Crippen LogP contribution < -0.4 is 10.6 Å². The summed E-state index contributed by atoms with van der Waals surface area (Å²) in [5.74, 6) is -2.18. The zero-order chi connectivity index (χ0) is 24.5. The highest BCUT2D eigenvalue weighted by molar-refractivity contribution is 7.16. The number of hydrogen-bond acceptors (Lipinski definition) is 7. The van der Waals surface area contributed by atoms with Crippen LogP contribution in [0.2, 0.25) is 0 Å². The molecule has 0 saturated heterocycles. The first kappa shape index (κ1) is 24.2. The molecule has 33 heavy (non-hydrogen) atoms. The first-order chi connectivity index (χ1) is 15.4. The number of thiophene rings is 1. The Hall–Kier alpha value is -3.48. The summed E-state index contributed by atoms with van der Waals surface area (Å²) in [7, 11) is 0. The molecule has 2 aromatic rings. The van der Waals surface area contributed by atoms with Crippen molar-refractivity contribution >= 4 is 45.5 Å². The summed E-state index contributed by atoms with van der Waals surface area (Å²) in [5.41, 5.74) is -2.02. The molecule has 1 aromatic heterocycles. The molecule has 0 unspecified atom stereocenters. The van der Waals surface area contributed by atoms with Crippen LogP contribution in [0.25, 0.3) is 0 Å². The lowest BCUT2D eigenvalue weighted by Gasteiger charge is -2.11. The molecule has 176 valence electrons. The van der Waals surface area contributed by atoms with Crippen molar-refractivity contribution in [3.63, 3.8) is 0 Å². The van der Waals surface area contributed by atoms with Gasteiger partial charge in [0.2, 0.25) is 5.91 Å². The van der Waals surface area contributed by atoms with Crippen LogP contribution in [0.15, 0.2) is 18.2 Å². The van der Waals surface area contributed by atoms with Gasteiger partial charge in [0.25, 0.3) is 11.6 Å². The number of ether oxygens (including phenoxy) is 1. The Kier molecular flexibility index (Phi) is 6.72. The van der Waals surface area contributed by atoms with Crippen LogP contribution >= 0.6 is 11.3 Å². The molecule has 9 nitrogen and oxygen atoms in total. The second-order valence-corrected chi connectivity index (χ2v) is 8.59. The van der Waals surface area contributed by atoms with Gasteiger partial charge in [-0.15, -0.1) is 11.3 Å². The van der Waals surface area contributed by atoms with Crippen molar-refractivity contribution in [2.75, 3.05) is 17.2 Å². The maximum atomic E-state index is 12.8. The lowest BCUT2D eigenvalue weighted by Crippen LogP contribution is -2.22. The predicted molar refractivity (Wildman–Crippen MR) is 112 cm³/mol. The van der Waals surface area contributed by atoms with Crippen molar-refractivity contribution in [2.45, 2.75) is 32.9 Å². The Morgan fingerprint density at radius 2 is 1.88 bits per heavy atom. The highest BCUT2D eigenvalue weighted by Crippen LogP contribution is 2.37. The minimum atomic E-state index is -4.80. The third-order valence-corrected chi connectivity index (χ3v) is 6.03. The van der Waals surface area contributed by atoms with Crippen molar-refractivity contribution < 1.29 is 37.2 Å². The van der Waals surface area contributed by atoms with Gasteiger partial charge >= 0.3 is 12.1 Å². The minimum Gasteiger partial charge on any atom is -0.452 e. The Bertz CT molecular complexity index is 1140. The molecule has 0 spiro atoms. The molecule has 13 heteroatoms. The molecule has 0 atom stereocenters. The van der Waals surface area contributed by atoms with Crippen LogP contribution in [-0.4, -0.2) is 29.3 Å². The van der Waals surface area contributed by atoms with Gasteiger partial charge in [-0.3, -0.25) is 19.7 Å². The van der Waals surface area contributed by atoms with Gasteiger partial charge in [0, 0.05) is 16.9 Å². The quantitative estimate of drug-likeness (QED) is 0.339. The van der Waals surface area contributed by atoms with E-state index in [4.69, 9.17) is 4.74 Å². The molecule has 0 bridgehead atoms. The van der Waals surface area contributed by atoms with Gasteiger partial charge in [-0.2, -0.15) is 13.2 Å². The Morgan fingerprint density at radius 3 is 2.45 bits per heavy atom. The van der Waals surface area contributed by atoms with Gasteiger partial charge in [-0.25, -0.2) is 4.79 Å². The van der Waals surface area contributed by atoms with E-state index in [9.17, 15) is 37.7 Å². The van der Waals surface area contributed by atoms with E-state index in [-0.39, 0.29) is 17.4 Å². The molecule has 1 heterocycles. The number of nitro groups is 1. The van der Waals surface area contributed by atoms with E-state index in [0.717, 1.165) is 23.8 Å². The van der Waals surface area contributed by atoms with Gasteiger partial charge < -0.3 is 15.4 Å². The molecular formula is C20H18F3N3O6S. The van der Waals surface area contributed by atoms with Crippen LogP contribution in [0.5, 0.6) is 0 Å². The van der Waals surface area contributed by atoms with E-state index >= 15 is 0 Å². The zero-order valence-corrected chi connectivity index (χ0v) is 18.2. The van der Waals surface area contributed by atoms with E-state index in [1.807, 2.05) is 0 Å². The predicted octanol–water partition coefficient (Wildman–Crippen LogP) is 4.44. The molecule has 1 aliphatic rings. The Labute approximate surface area is 189 Å². The molecular weight excluding hydrogens is 467 g/mol. The molecule has 2 N–H and O–H groups in total. The summed E-state index contributed by atoms with van der Waals surface area (Å²) >= 11 is 1.19. The fraction of sp³-hybridized carbons (Fsp3) is 0.350. The molecule has 0 aliphatic heterocycles. The highest BCUT2D eigenvalue weighted by Gasteiger charge is 2.34. The first-order valence-electron chi connectivity index (χ1n) is 9.62. The number of esters is 1. The second-order valence-electron chi connectivity index (χ2n) is 7.36. The number of nitro benzene ring substituents is 1. The van der Waals surface area contributed by atoms with Crippen LogP contribution in [0, 0.1) is 29.9 Å². The lowest BCUT2D eigenvalue weighted by atomic mass is 10.1. The lowest BCUT2D eigenvalue weighted by molar-refractivity contribution is -0.384. The van der Waals surface area contributed by atoms with Gasteiger partial charge in [-0.05, 0) is 44.4 Å². The van der Waals surface area contributed by atoms with Crippen LogP contribution in [0.3, 0.4) is 0 Å². The third-order valence-electron chi connectivity index (χ3n) is 4.90. The van der Waals surface area contributed by atoms with E-state index in [0.29, 0.717) is 22.7 Å². The molecule has 1 saturated carbocycles. The normalized spacial score (nSPS) is 13.4. The molecule has 1 aliphatic carbocycles. The van der Waals surface area contributed by atoms with Gasteiger partial charge in [0.05, 0.1) is 16.1 Å². The van der Waals surface area contributed by atoms with Crippen molar-refractivity contribution in [3.8, 4) is 0 Å². The fourth-order valence-electron chi connectivity index (χ4n) is 2.87. The Balaban J connectivity index is 1.69. The summed E-state index contributed by atoms with van der Waals surface area (Å²) in [6.07, 6.45) is -3.26. The largest absolute Gasteiger partial charge is 0.452 e. The number of alkyl halides is 3. The number of anilines is 2. The standard InChI is InChI=1S/C20H18F3N3O6S/c1-9-10(2)33-18(25-17(28)11-3-4-11)16(9)19(29)32-8-15(27)24-13-6-5-12(20(21,22)23)7-14(13)26(30)31/h5-7,11H,3-4,8H2,1-2H3,(H,24,27)(H,25,28). The number of carbonyl (C=O) groups is 3. The van der Waals surface area contributed by atoms with E-state index in [1.165, 1.54) is 11.3 Å². The van der Waals surface area contributed by atoms with Crippen molar-refractivity contribution in [1.82, 2.24) is 0 Å². The van der Waals surface area contributed by atoms with Gasteiger partial charge in [0.15, 0.2) is 6.61 Å². The van der Waals surface area contributed by atoms with Crippen molar-refractivity contribution in [2.24, 2.45) is 5.92 Å². The molecule has 3 rings (SSSR count). The monoisotopic (exact) mass is 485 g/mol. The fourth-order valence-corrected chi connectivity index (χ4v) is 3.93. The average Bonchev–Trinajstić information content (AvgIpc) is 3.53. The number of benzene rings is 1. The smallest absolute Gasteiger partial charge is 0.416 e. The second kappa shape index (κ2) is 9.17. The molecule has 2 amide bonds. The maximum Gasteiger partial charge on any atom is 0.416 e. The van der Waals surface area contributed by atoms with E-state index in [2.05, 4.69) is 10.6 Å². The number of nitrogens with one attached hydrogen (secondary N) is 2. The van der Waals surface area contributed by atoms with E-state index < -0.39 is 46.5 Å². The highest BCUT2D eigenvalue weighted by atomic mass is 32.1. The molecule has 0 radical (unpaired) electrons. The van der Waals surface area contributed by atoms with Crippen LogP contribution in [-0.2, 0) is 20.5 Å². The van der Waals surface area contributed by atoms with Gasteiger partial charge in [0.1, 0.15) is 10.7 Å². The van der Waals surface area contributed by atoms with Crippen LogP contribution in [0.4, 0.5) is 29.5 Å². The number of halogens is 3. The summed E-state index contributed by atoms with van der Waals surface area (Å²) < 4.78 is 43.4. The number of hydrogen-bond donors (Lipinski definition) is 2. The average molecular weight is 485 g/mol. The summed E-state index contributed by atoms with van der Waals surface area (Å²) in [6.45, 7) is 2.56. The maximum absolute atomic E-state index is 12.8. The summed E-state index contributed by atoms with van der Waals surface area (Å²) in [6, 6.07) is 1.63. The van der Waals surface area contributed by atoms with Crippen molar-refractivity contribution in [3.05, 3.63) is 49.9 Å². The summed E-state index contributed by atoms with van der Waals surface area (Å²) in [4.78, 5) is 47.6. The number of rotatable bonds is 7. The summed E-state index contributed by atoms with van der Waals surface area (Å²) in [5, 5.41) is 16.2. The first-order valence-corrected chi connectivity index (χ1v) is 10.4. The SMILES string of the molecule is Cc1sc(NC(=O)C2CC2)c(C(=O)OCC(=O)Nc2ccc(C(F)(F)F)cc2[N+](=O)[O-])c1C. The Morgan fingerprint density at radius 1 is 1.21 bits per heavy atom. The molecule has 1 fully saturated rings. The van der Waals surface area contributed by atoms with Gasteiger partial charge in [-0.1, -0.05) is 0 Å². The van der Waals surface area contributed by atoms with Crippen LogP contribution in [0.1, 0.15) is 39.2 Å². The molecule has 1 aromatic carbocycles.